The van der Waals surface area contributed by atoms with Gasteiger partial charge in [0, 0.05) is 12.6 Å². The number of aryl methyl sites for hydroxylation is 1. The lowest BCUT2D eigenvalue weighted by atomic mass is 10.1. The van der Waals surface area contributed by atoms with Gasteiger partial charge in [-0.15, -0.1) is 0 Å². The highest BCUT2D eigenvalue weighted by Gasteiger charge is 2.33. The lowest BCUT2D eigenvalue weighted by Gasteiger charge is -2.33. The van der Waals surface area contributed by atoms with E-state index in [-0.39, 0.29) is 23.4 Å². The number of hydrogen-bond donors (Lipinski definition) is 1. The summed E-state index contributed by atoms with van der Waals surface area (Å²) in [5.74, 6) is -0.248. The van der Waals surface area contributed by atoms with Crippen molar-refractivity contribution in [1.29, 1.82) is 0 Å². The smallest absolute Gasteiger partial charge is 0.264 e. The van der Waals surface area contributed by atoms with Crippen LogP contribution in [0.25, 0.3) is 0 Å². The van der Waals surface area contributed by atoms with Crippen molar-refractivity contribution in [2.75, 3.05) is 18.0 Å². The summed E-state index contributed by atoms with van der Waals surface area (Å²) in [4.78, 5) is 28.6. The van der Waals surface area contributed by atoms with Gasteiger partial charge in [0.1, 0.15) is 18.3 Å². The van der Waals surface area contributed by atoms with Crippen molar-refractivity contribution in [2.45, 2.75) is 57.6 Å². The second-order valence-corrected chi connectivity index (χ2v) is 11.5. The second-order valence-electron chi connectivity index (χ2n) is 9.62. The molecule has 0 saturated heterocycles. The third-order valence-corrected chi connectivity index (χ3v) is 8.05. The molecule has 0 spiro atoms. The molecule has 3 aromatic rings. The van der Waals surface area contributed by atoms with Crippen LogP contribution in [0.4, 0.5) is 5.69 Å². The van der Waals surface area contributed by atoms with Crippen molar-refractivity contribution in [3.8, 4) is 5.75 Å². The number of nitrogens with zero attached hydrogens (tertiary/aromatic N) is 2. The van der Waals surface area contributed by atoms with Gasteiger partial charge in [-0.25, -0.2) is 8.42 Å². The van der Waals surface area contributed by atoms with Crippen LogP contribution in [-0.4, -0.2) is 50.9 Å². The van der Waals surface area contributed by atoms with Crippen LogP contribution in [0.1, 0.15) is 38.3 Å². The second kappa shape index (κ2) is 13.3. The lowest BCUT2D eigenvalue weighted by molar-refractivity contribution is -0.140. The van der Waals surface area contributed by atoms with Crippen molar-refractivity contribution in [3.63, 3.8) is 0 Å². The van der Waals surface area contributed by atoms with Gasteiger partial charge in [-0.1, -0.05) is 55.0 Å². The van der Waals surface area contributed by atoms with Crippen molar-refractivity contribution in [3.05, 3.63) is 90.0 Å². The summed E-state index contributed by atoms with van der Waals surface area (Å²) in [5.41, 5.74) is 2.14. The topological polar surface area (TPSA) is 96.0 Å². The number of hydrogen-bond acceptors (Lipinski definition) is 5. The quantitative estimate of drug-likeness (QED) is 0.357. The van der Waals surface area contributed by atoms with Crippen LogP contribution in [0.15, 0.2) is 83.8 Å². The molecule has 1 atom stereocenters. The third kappa shape index (κ3) is 7.60. The first-order chi connectivity index (χ1) is 18.6. The molecule has 0 saturated carbocycles. The van der Waals surface area contributed by atoms with E-state index in [2.05, 4.69) is 5.32 Å². The monoisotopic (exact) mass is 551 g/mol. The van der Waals surface area contributed by atoms with Crippen molar-refractivity contribution in [1.82, 2.24) is 10.2 Å². The highest BCUT2D eigenvalue weighted by molar-refractivity contribution is 7.92. The number of methoxy groups -OCH3 is 1. The molecule has 3 aromatic carbocycles. The first kappa shape index (κ1) is 29.7. The average Bonchev–Trinajstić information content (AvgIpc) is 2.92. The number of carbonyl (C=O) groups is 2. The maximum Gasteiger partial charge on any atom is 0.264 e. The Hall–Kier alpha value is -3.85. The molecule has 208 valence electrons. The fourth-order valence-corrected chi connectivity index (χ4v) is 5.61. The Morgan fingerprint density at radius 1 is 0.923 bits per heavy atom. The van der Waals surface area contributed by atoms with E-state index in [1.807, 2.05) is 58.0 Å². The molecular formula is C30H37N3O5S. The summed E-state index contributed by atoms with van der Waals surface area (Å²) in [5, 5.41) is 2.90. The summed E-state index contributed by atoms with van der Waals surface area (Å²) >= 11 is 0. The molecule has 0 bridgehead atoms. The lowest BCUT2D eigenvalue weighted by Crippen LogP contribution is -2.53. The maximum absolute atomic E-state index is 14.0. The third-order valence-electron chi connectivity index (χ3n) is 6.26. The van der Waals surface area contributed by atoms with Crippen LogP contribution >= 0.6 is 0 Å². The molecule has 2 amide bonds. The van der Waals surface area contributed by atoms with Gasteiger partial charge in [-0.2, -0.15) is 0 Å². The first-order valence-corrected chi connectivity index (χ1v) is 14.4. The Labute approximate surface area is 231 Å². The van der Waals surface area contributed by atoms with Crippen molar-refractivity contribution in [2.24, 2.45) is 0 Å². The molecule has 0 aliphatic heterocycles. The van der Waals surface area contributed by atoms with E-state index in [9.17, 15) is 18.0 Å². The first-order valence-electron chi connectivity index (χ1n) is 12.9. The van der Waals surface area contributed by atoms with E-state index < -0.39 is 28.5 Å². The van der Waals surface area contributed by atoms with E-state index in [4.69, 9.17) is 4.74 Å². The van der Waals surface area contributed by atoms with Gasteiger partial charge >= 0.3 is 0 Å². The van der Waals surface area contributed by atoms with Gasteiger partial charge in [-0.3, -0.25) is 13.9 Å². The van der Waals surface area contributed by atoms with Gasteiger partial charge in [0.25, 0.3) is 10.0 Å². The molecule has 0 aliphatic carbocycles. The van der Waals surface area contributed by atoms with E-state index >= 15 is 0 Å². The van der Waals surface area contributed by atoms with Crippen LogP contribution in [0.5, 0.6) is 5.75 Å². The average molecular weight is 552 g/mol. The molecule has 0 radical (unpaired) electrons. The normalized spacial score (nSPS) is 12.1. The Morgan fingerprint density at radius 3 is 2.08 bits per heavy atom. The minimum atomic E-state index is -4.14. The summed E-state index contributed by atoms with van der Waals surface area (Å²) in [6.45, 7) is 7.13. The molecule has 1 N–H and O–H groups in total. The minimum absolute atomic E-state index is 0.0240. The zero-order chi connectivity index (χ0) is 28.6. The number of benzene rings is 3. The number of rotatable bonds is 12. The highest BCUT2D eigenvalue weighted by Crippen LogP contribution is 2.26. The SMILES string of the molecule is CCC(C(=O)NC(C)C)N(Cc1ccccc1)C(=O)CN(c1ccc(C)cc1)S(=O)(=O)c1ccc(OC)cc1. The van der Waals surface area contributed by atoms with E-state index in [0.717, 1.165) is 15.4 Å². The molecule has 0 heterocycles. The van der Waals surface area contributed by atoms with E-state index in [0.29, 0.717) is 17.9 Å². The van der Waals surface area contributed by atoms with Gasteiger partial charge in [0.05, 0.1) is 17.7 Å². The maximum atomic E-state index is 14.0. The number of nitrogens with one attached hydrogen (secondary N) is 1. The van der Waals surface area contributed by atoms with Crippen LogP contribution in [-0.2, 0) is 26.2 Å². The molecule has 0 fully saturated rings. The Balaban J connectivity index is 2.04. The van der Waals surface area contributed by atoms with Crippen molar-refractivity contribution >= 4 is 27.5 Å². The summed E-state index contributed by atoms with van der Waals surface area (Å²) in [7, 11) is -2.63. The fourth-order valence-electron chi connectivity index (χ4n) is 4.20. The molecule has 1 unspecified atom stereocenters. The molecule has 39 heavy (non-hydrogen) atoms. The molecular weight excluding hydrogens is 514 g/mol. The zero-order valence-corrected chi connectivity index (χ0v) is 23.9. The predicted octanol–water partition coefficient (Wildman–Crippen LogP) is 4.53. The Bertz CT molecular complexity index is 1340. The molecule has 3 rings (SSSR count). The summed E-state index contributed by atoms with van der Waals surface area (Å²) in [6, 6.07) is 21.4. The van der Waals surface area contributed by atoms with Crippen molar-refractivity contribution < 1.29 is 22.7 Å². The Morgan fingerprint density at radius 2 is 1.54 bits per heavy atom. The standard InChI is InChI=1S/C30H37N3O5S/c1-6-28(30(35)31-22(2)3)32(20-24-10-8-7-9-11-24)29(34)21-33(25-14-12-23(4)13-15-25)39(36,37)27-18-16-26(38-5)17-19-27/h7-19,22,28H,6,20-21H2,1-5H3,(H,31,35). The zero-order valence-electron chi connectivity index (χ0n) is 23.1. The van der Waals surface area contributed by atoms with Gasteiger partial charge < -0.3 is 15.0 Å². The van der Waals surface area contributed by atoms with Crippen LogP contribution in [0.3, 0.4) is 0 Å². The minimum Gasteiger partial charge on any atom is -0.497 e. The number of ether oxygens (including phenoxy) is 1. The van der Waals surface area contributed by atoms with E-state index in [1.165, 1.54) is 24.1 Å². The highest BCUT2D eigenvalue weighted by atomic mass is 32.2. The summed E-state index contributed by atoms with van der Waals surface area (Å²) < 4.78 is 34.0. The van der Waals surface area contributed by atoms with Gasteiger partial charge in [-0.05, 0) is 69.2 Å². The van der Waals surface area contributed by atoms with Crippen LogP contribution < -0.4 is 14.4 Å². The predicted molar refractivity (Wildman–Crippen MR) is 153 cm³/mol. The number of carbonyl (C=O) groups excluding carboxylic acids is 2. The number of amides is 2. The molecule has 0 aliphatic rings. The number of anilines is 1. The summed E-state index contributed by atoms with van der Waals surface area (Å²) in [6.07, 6.45) is 0.368. The number of sulfonamides is 1. The molecule has 0 aromatic heterocycles. The van der Waals surface area contributed by atoms with Gasteiger partial charge in [0.2, 0.25) is 11.8 Å². The fraction of sp³-hybridized carbons (Fsp3) is 0.333. The van der Waals surface area contributed by atoms with Crippen LogP contribution in [0.2, 0.25) is 0 Å². The van der Waals surface area contributed by atoms with Crippen LogP contribution in [0, 0.1) is 6.92 Å². The van der Waals surface area contributed by atoms with E-state index in [1.54, 1.807) is 36.4 Å². The molecule has 9 heteroatoms. The van der Waals surface area contributed by atoms with Gasteiger partial charge in [0.15, 0.2) is 0 Å². The largest absolute Gasteiger partial charge is 0.497 e. The molecule has 8 nitrogen and oxygen atoms in total. The Kier molecular flexibility index (Phi) is 10.1.